The van der Waals surface area contributed by atoms with E-state index in [1.54, 1.807) is 64.5 Å². The van der Waals surface area contributed by atoms with Crippen LogP contribution in [0.2, 0.25) is 5.15 Å². The number of carboxylic acids is 1. The number of carbonyl (C=O) groups is 6. The van der Waals surface area contributed by atoms with Crippen molar-refractivity contribution >= 4 is 126 Å². The van der Waals surface area contributed by atoms with Crippen LogP contribution in [-0.2, 0) is 33.0 Å². The Morgan fingerprint density at radius 1 is 0.537 bits per heavy atom. The quantitative estimate of drug-likeness (QED) is 0.00961. The minimum Gasteiger partial charge on any atom is -0.870 e. The Labute approximate surface area is 717 Å². The number of carbonyl (C=O) groups excluding carboxylic acids is 5. The molecule has 0 radical (unpaired) electrons. The first-order valence-electron chi connectivity index (χ1n) is 36.7. The molecule has 44 heteroatoms. The summed E-state index contributed by atoms with van der Waals surface area (Å²) in [6.45, 7) is 13.3. The number of aromatic nitrogens is 14. The van der Waals surface area contributed by atoms with Gasteiger partial charge in [0.15, 0.2) is 28.4 Å². The number of nitrogens with two attached hydrogens (primary N) is 1. The second-order valence-electron chi connectivity index (χ2n) is 25.3. The van der Waals surface area contributed by atoms with Crippen LogP contribution >= 0.6 is 50.5 Å². The SMILES string of the molecule is CCO/C=C/C(C)=O.CCOC(=O)c1cn[nH]c1N.CCOC(=O)c1cnn2ccc(=O)[nH]c12.CCOC(=O)c1cnn2ccc(Cl)nc12.CCOC(=O)c1cnn2ccc(N3CCCC3c3cc(F)ccc3F)nc12.Fc1ccc(F)c(C2CCCC2)c1.O=C(O)c1cnn2ccc(N3CCCC3c3cc(F)ccc3F)nc12.O=P(Cl)(Cl)Cl.[Li+].[OH-]. The molecule has 1 saturated carbocycles. The molecule has 2 aliphatic heterocycles. The van der Waals surface area contributed by atoms with Gasteiger partial charge in [0, 0.05) is 61.1 Å². The Kier molecular flexibility index (Phi) is 38.7. The van der Waals surface area contributed by atoms with Crippen LogP contribution in [0.5, 0.6) is 0 Å². The third-order valence-electron chi connectivity index (χ3n) is 17.4. The molecule has 1 aliphatic carbocycles. The van der Waals surface area contributed by atoms with Crippen LogP contribution in [0.1, 0.15) is 179 Å². The molecular formula is C77H81Cl4F6LiN17O15P. The van der Waals surface area contributed by atoms with Crippen molar-refractivity contribution in [3.8, 4) is 0 Å². The van der Waals surface area contributed by atoms with Gasteiger partial charge in [0.1, 0.15) is 85.3 Å². The Bertz CT molecular complexity index is 5650. The largest absolute Gasteiger partial charge is 1.00 e. The maximum absolute atomic E-state index is 14.3. The predicted molar refractivity (Wildman–Crippen MR) is 431 cm³/mol. The fourth-order valence-electron chi connectivity index (χ4n) is 12.2. The fourth-order valence-corrected chi connectivity index (χ4v) is 12.4. The van der Waals surface area contributed by atoms with Crippen molar-refractivity contribution in [2.75, 3.05) is 61.7 Å². The zero-order valence-electron chi connectivity index (χ0n) is 66.0. The zero-order chi connectivity index (χ0) is 86.6. The van der Waals surface area contributed by atoms with Crippen molar-refractivity contribution < 1.29 is 113 Å². The molecule has 0 bridgehead atoms. The summed E-state index contributed by atoms with van der Waals surface area (Å²) in [5.41, 5.74) is 8.70. The first-order valence-corrected chi connectivity index (χ1v) is 41.5. The van der Waals surface area contributed by atoms with Gasteiger partial charge >= 0.3 is 53.9 Å². The van der Waals surface area contributed by atoms with Crippen molar-refractivity contribution in [2.24, 2.45) is 0 Å². The number of benzene rings is 3. The number of aromatic amines is 2. The van der Waals surface area contributed by atoms with Crippen LogP contribution < -0.4 is 40.0 Å². The van der Waals surface area contributed by atoms with Crippen LogP contribution in [0.4, 0.5) is 43.8 Å². The number of carboxylic acid groups (broad SMARTS) is 1. The van der Waals surface area contributed by atoms with E-state index in [2.05, 4.69) is 89.0 Å². The van der Waals surface area contributed by atoms with E-state index in [4.69, 9.17) is 36.3 Å². The number of fused-ring (bicyclic) bond motifs is 4. The standard InChI is InChI=1S/C19H18F2N4O2.C17H14F2N4O2.C11H12F2.C9H8ClN3O2.C9H9N3O3.C6H9N3O2.C6H10O2.Cl3OP.Li.H2O/c1-2-27-19(26)14-11-22-25-9-7-17(23-18(14)25)24-8-3-4-16(24)13-10-12(20)5-6-15(13)21;18-10-3-4-13(19)11(8-10)14-2-1-6-22(14)15-5-7-23-16(21-15)12(9-20-23)17(24)25;12-9-5-6-11(13)10(7-9)8-3-1-2-4-8;1-2-15-9(14)6-5-11-13-4-3-7(10)12-8(6)13;1-2-15-9(14)6-5-10-12-4-3-7(13)11-8(6)12;1-2-11-6(10)4-3-8-9-5(4)7;1-3-8-5-4-6(2)7;1-5(2,3)4;;/h5-7,9-11,16H,2-4,8H2,1H3;3-5,7-9,14H,1-2,6H2,(H,24,25);5-8H,1-4H2;3-5H,2H2,1H3;3-5H,2H2,1H3,(H,11,13);3H,2H2,1H3,(H3,7,8,9);4-5H,3H2,1-2H3;;;1H2/q;;;;;;;;+1;/p-1/b;;;;;;5-4+;;;. The van der Waals surface area contributed by atoms with E-state index < -0.39 is 58.3 Å². The van der Waals surface area contributed by atoms with E-state index in [-0.39, 0.29) is 118 Å². The molecule has 3 aromatic carbocycles. The Balaban J connectivity index is 0.000000223. The molecule has 2 atom stereocenters. The number of H-pyrrole nitrogens is 2. The van der Waals surface area contributed by atoms with Crippen LogP contribution in [-0.4, -0.2) is 161 Å². The van der Waals surface area contributed by atoms with Crippen LogP contribution in [0, 0.1) is 34.9 Å². The molecule has 12 aromatic rings. The van der Waals surface area contributed by atoms with Crippen molar-refractivity contribution in [2.45, 2.75) is 111 Å². The molecule has 3 aliphatic rings. The van der Waals surface area contributed by atoms with E-state index in [1.165, 1.54) is 111 Å². The van der Waals surface area contributed by atoms with Crippen LogP contribution in [0.15, 0.2) is 152 Å². The molecule has 121 heavy (non-hydrogen) atoms. The van der Waals surface area contributed by atoms with Gasteiger partial charge in [-0.3, -0.25) is 19.3 Å². The van der Waals surface area contributed by atoms with Crippen molar-refractivity contribution in [1.29, 1.82) is 0 Å². The molecule has 0 amide bonds. The van der Waals surface area contributed by atoms with Crippen molar-refractivity contribution in [3.63, 3.8) is 0 Å². The normalized spacial score (nSPS) is 13.9. The smallest absolute Gasteiger partial charge is 0.870 e. The average molecular weight is 1780 g/mol. The number of nitrogen functional groups attached to an aromatic ring is 1. The fraction of sp³-hybridized carbons (Fsp3) is 0.312. The first kappa shape index (κ1) is 98.5. The summed E-state index contributed by atoms with van der Waals surface area (Å²) >= 11 is 19.6. The summed E-state index contributed by atoms with van der Waals surface area (Å²) < 4.78 is 121. The number of halogens is 10. The van der Waals surface area contributed by atoms with Crippen LogP contribution in [0.3, 0.4) is 0 Å². The number of aromatic carboxylic acids is 1. The third-order valence-corrected chi connectivity index (χ3v) is 17.6. The number of ether oxygens (including phenoxy) is 5. The summed E-state index contributed by atoms with van der Waals surface area (Å²) in [5, 5.41) is 28.3. The minimum atomic E-state index is -3.22. The number of ketones is 1. The van der Waals surface area contributed by atoms with E-state index in [9.17, 15) is 69.6 Å². The number of rotatable bonds is 17. The minimum absolute atomic E-state index is 0. The summed E-state index contributed by atoms with van der Waals surface area (Å²) in [4.78, 5) is 97.7. The van der Waals surface area contributed by atoms with Gasteiger partial charge in [-0.1, -0.05) is 24.4 Å². The van der Waals surface area contributed by atoms with Gasteiger partial charge in [-0.25, -0.2) is 83.3 Å². The van der Waals surface area contributed by atoms with Gasteiger partial charge in [-0.2, -0.15) is 25.5 Å². The number of allylic oxidation sites excluding steroid dienone is 1. The van der Waals surface area contributed by atoms with Gasteiger partial charge in [-0.05, 0) is 198 Å². The van der Waals surface area contributed by atoms with Gasteiger partial charge in [-0.15, -0.1) is 0 Å². The maximum Gasteiger partial charge on any atom is 1.00 e. The number of hydrogen-bond acceptors (Lipinski definition) is 25. The predicted octanol–water partition coefficient (Wildman–Crippen LogP) is 12.9. The molecule has 0 spiro atoms. The third kappa shape index (κ3) is 28.1. The molecule has 32 nitrogen and oxygen atoms in total. The summed E-state index contributed by atoms with van der Waals surface area (Å²) in [7, 11) is 0. The second-order valence-corrected chi connectivity index (χ2v) is 32.3. The monoisotopic (exact) mass is 1780 g/mol. The number of nitrogens with one attached hydrogen (secondary N) is 2. The Hall–Kier alpha value is -11.4. The van der Waals surface area contributed by atoms with Crippen LogP contribution in [0.25, 0.3) is 22.6 Å². The van der Waals surface area contributed by atoms with Gasteiger partial charge in [0.2, 0.25) is 0 Å². The number of hydrogen-bond donors (Lipinski definition) is 4. The molecule has 15 rings (SSSR count). The number of anilines is 3. The summed E-state index contributed by atoms with van der Waals surface area (Å²) in [6, 6.07) is 16.4. The Morgan fingerprint density at radius 2 is 0.934 bits per heavy atom. The van der Waals surface area contributed by atoms with E-state index in [1.807, 2.05) is 16.7 Å². The molecule has 9 aromatic heterocycles. The summed E-state index contributed by atoms with van der Waals surface area (Å²) in [6.07, 6.45) is 23.3. The number of nitrogens with zero attached hydrogens (tertiary/aromatic N) is 14. The topological polar surface area (TPSA) is 418 Å². The Morgan fingerprint density at radius 3 is 1.37 bits per heavy atom. The van der Waals surface area contributed by atoms with Gasteiger partial charge < -0.3 is 54.8 Å². The van der Waals surface area contributed by atoms with Gasteiger partial charge in [0.05, 0.1) is 82.4 Å². The molecule has 2 saturated heterocycles. The molecule has 6 N–H and O–H groups in total. The molecule has 11 heterocycles. The average Bonchev–Trinajstić information content (AvgIpc) is 1.65. The van der Waals surface area contributed by atoms with E-state index >= 15 is 0 Å². The molecule has 640 valence electrons. The van der Waals surface area contributed by atoms with E-state index in [0.717, 1.165) is 62.8 Å². The number of esters is 4. The molecule has 2 unspecified atom stereocenters. The molecule has 3 fully saturated rings. The first-order chi connectivity index (χ1) is 56.9. The zero-order valence-corrected chi connectivity index (χ0v) is 69.9. The maximum atomic E-state index is 14.3. The van der Waals surface area contributed by atoms with E-state index in [0.29, 0.717) is 96.2 Å². The molecular weight excluding hydrogens is 1700 g/mol. The van der Waals surface area contributed by atoms with Crippen molar-refractivity contribution in [1.82, 2.24) is 68.6 Å². The van der Waals surface area contributed by atoms with Gasteiger partial charge in [0.25, 0.3) is 5.56 Å². The van der Waals surface area contributed by atoms with Crippen molar-refractivity contribution in [3.05, 3.63) is 242 Å². The summed E-state index contributed by atoms with van der Waals surface area (Å²) in [5.74, 6) is -3.84. The second kappa shape index (κ2) is 47.6.